The maximum Gasteiger partial charge on any atom is 0.574 e. The molecule has 1 aromatic heterocycles. The van der Waals surface area contributed by atoms with E-state index in [0.717, 1.165) is 0 Å². The van der Waals surface area contributed by atoms with E-state index in [1.54, 1.807) is 0 Å². The molecule has 0 saturated carbocycles. The predicted molar refractivity (Wildman–Crippen MR) is 41.1 cm³/mol. The Labute approximate surface area is 85.8 Å². The smallest absolute Gasteiger partial charge is 0.387 e. The number of pyridine rings is 1. The number of halogens is 5. The average molecular weight is 241 g/mol. The molecule has 88 valence electrons. The van der Waals surface area contributed by atoms with Crippen molar-refractivity contribution in [2.75, 3.05) is 0 Å². The summed E-state index contributed by atoms with van der Waals surface area (Å²) in [6, 6.07) is 0. The van der Waals surface area contributed by atoms with Gasteiger partial charge in [0.1, 0.15) is 18.1 Å². The lowest BCUT2D eigenvalue weighted by Gasteiger charge is -2.10. The molecule has 0 atom stereocenters. The summed E-state index contributed by atoms with van der Waals surface area (Å²) < 4.78 is 64.0. The number of nitrogens with zero attached hydrogens (tertiary/aromatic N) is 1. The highest BCUT2D eigenvalue weighted by molar-refractivity contribution is 5.79. The van der Waals surface area contributed by atoms with Gasteiger partial charge < -0.3 is 4.74 Å². The Morgan fingerprint density at radius 1 is 1.44 bits per heavy atom. The molecule has 1 heterocycles. The lowest BCUT2D eigenvalue weighted by atomic mass is 10.2. The van der Waals surface area contributed by atoms with Crippen LogP contribution in [0, 0.1) is 5.82 Å². The van der Waals surface area contributed by atoms with Gasteiger partial charge >= 0.3 is 6.36 Å². The first-order chi connectivity index (χ1) is 7.39. The monoisotopic (exact) mass is 241 g/mol. The van der Waals surface area contributed by atoms with Crippen molar-refractivity contribution < 1.29 is 31.5 Å². The van der Waals surface area contributed by atoms with Crippen molar-refractivity contribution in [1.82, 2.24) is 4.98 Å². The highest BCUT2D eigenvalue weighted by Gasteiger charge is 2.33. The number of carbonyl (C=O) groups excluding carboxylic acids is 1. The van der Waals surface area contributed by atoms with Crippen LogP contribution in [0.2, 0.25) is 0 Å². The Bertz CT molecular complexity index is 404. The minimum atomic E-state index is -5.10. The van der Waals surface area contributed by atoms with Crippen LogP contribution in [0.25, 0.3) is 0 Å². The first-order valence-corrected chi connectivity index (χ1v) is 3.83. The van der Waals surface area contributed by atoms with E-state index in [-0.39, 0.29) is 6.29 Å². The van der Waals surface area contributed by atoms with Crippen molar-refractivity contribution in [1.29, 1.82) is 0 Å². The lowest BCUT2D eigenvalue weighted by molar-refractivity contribution is -0.276. The second-order valence-electron chi connectivity index (χ2n) is 2.62. The first-order valence-electron chi connectivity index (χ1n) is 3.83. The molecule has 0 bridgehead atoms. The number of carbonyl (C=O) groups is 1. The molecule has 0 amide bonds. The van der Waals surface area contributed by atoms with Gasteiger partial charge in [-0.1, -0.05) is 0 Å². The molecule has 1 rings (SSSR count). The molecule has 3 nitrogen and oxygen atoms in total. The third-order valence-corrected chi connectivity index (χ3v) is 1.56. The molecule has 0 aromatic carbocycles. The molecular formula is C8H4F5NO2. The third kappa shape index (κ3) is 2.65. The van der Waals surface area contributed by atoms with Crippen LogP contribution in [0.3, 0.4) is 0 Å². The molecule has 8 heteroatoms. The van der Waals surface area contributed by atoms with Gasteiger partial charge in [-0.2, -0.15) is 0 Å². The maximum absolute atomic E-state index is 13.2. The zero-order valence-corrected chi connectivity index (χ0v) is 7.52. The van der Waals surface area contributed by atoms with E-state index in [9.17, 15) is 26.7 Å². The number of aromatic nitrogens is 1. The van der Waals surface area contributed by atoms with Gasteiger partial charge in [0.25, 0.3) is 0 Å². The normalized spacial score (nSPS) is 11.3. The number of ether oxygens (including phenoxy) is 1. The second-order valence-corrected chi connectivity index (χ2v) is 2.62. The summed E-state index contributed by atoms with van der Waals surface area (Å²) in [5, 5.41) is 0. The van der Waals surface area contributed by atoms with Crippen molar-refractivity contribution in [3.8, 4) is 5.88 Å². The molecule has 0 aliphatic heterocycles. The highest BCUT2D eigenvalue weighted by atomic mass is 19.4. The van der Waals surface area contributed by atoms with Gasteiger partial charge in [0, 0.05) is 11.8 Å². The van der Waals surface area contributed by atoms with Crippen LogP contribution in [-0.2, 0) is 6.67 Å². The Morgan fingerprint density at radius 3 is 2.50 bits per heavy atom. The maximum atomic E-state index is 13.2. The van der Waals surface area contributed by atoms with Gasteiger partial charge in [-0.15, -0.1) is 13.2 Å². The highest BCUT2D eigenvalue weighted by Crippen LogP contribution is 2.26. The summed E-state index contributed by atoms with van der Waals surface area (Å²) in [5.41, 5.74) is -1.68. The van der Waals surface area contributed by atoms with E-state index in [1.165, 1.54) is 0 Å². The zero-order valence-electron chi connectivity index (χ0n) is 7.52. The fraction of sp³-hybridized carbons (Fsp3) is 0.250. The van der Waals surface area contributed by atoms with Crippen molar-refractivity contribution in [3.05, 3.63) is 23.1 Å². The molecule has 0 unspecified atom stereocenters. The largest absolute Gasteiger partial charge is 0.574 e. The molecule has 16 heavy (non-hydrogen) atoms. The Morgan fingerprint density at radius 2 is 2.06 bits per heavy atom. The van der Waals surface area contributed by atoms with E-state index in [4.69, 9.17) is 0 Å². The molecule has 0 saturated heterocycles. The van der Waals surface area contributed by atoms with E-state index in [0.29, 0.717) is 6.20 Å². The molecule has 1 aromatic rings. The van der Waals surface area contributed by atoms with Crippen LogP contribution >= 0.6 is 0 Å². The first kappa shape index (κ1) is 12.3. The SMILES string of the molecule is O=Cc1c(OC(F)(F)F)ncc(CF)c1F. The van der Waals surface area contributed by atoms with Gasteiger partial charge in [-0.05, 0) is 0 Å². The van der Waals surface area contributed by atoms with Gasteiger partial charge in [0.05, 0.1) is 0 Å². The summed E-state index contributed by atoms with van der Waals surface area (Å²) in [6.07, 6.45) is -4.79. The van der Waals surface area contributed by atoms with Crippen LogP contribution in [0.1, 0.15) is 15.9 Å². The van der Waals surface area contributed by atoms with Gasteiger partial charge in [0.2, 0.25) is 5.88 Å². The molecule has 0 spiro atoms. The molecule has 0 aliphatic carbocycles. The minimum Gasteiger partial charge on any atom is -0.387 e. The van der Waals surface area contributed by atoms with Gasteiger partial charge in [0.15, 0.2) is 6.29 Å². The van der Waals surface area contributed by atoms with Crippen molar-refractivity contribution in [2.24, 2.45) is 0 Å². The predicted octanol–water partition coefficient (Wildman–Crippen LogP) is 2.40. The summed E-state index contributed by atoms with van der Waals surface area (Å²) in [5.74, 6) is -2.65. The molecule has 0 radical (unpaired) electrons. The minimum absolute atomic E-state index is 0.220. The van der Waals surface area contributed by atoms with E-state index < -0.39 is 35.9 Å². The fourth-order valence-electron chi connectivity index (χ4n) is 0.916. The number of aldehydes is 1. The van der Waals surface area contributed by atoms with Crippen LogP contribution in [-0.4, -0.2) is 17.6 Å². The van der Waals surface area contributed by atoms with E-state index >= 15 is 0 Å². The number of hydrogen-bond acceptors (Lipinski definition) is 3. The number of hydrogen-bond donors (Lipinski definition) is 0. The van der Waals surface area contributed by atoms with E-state index in [2.05, 4.69) is 9.72 Å². The second kappa shape index (κ2) is 4.42. The van der Waals surface area contributed by atoms with Crippen LogP contribution < -0.4 is 4.74 Å². The molecular weight excluding hydrogens is 237 g/mol. The lowest BCUT2D eigenvalue weighted by Crippen LogP contribution is -2.19. The average Bonchev–Trinajstić information content (AvgIpc) is 2.16. The van der Waals surface area contributed by atoms with Crippen LogP contribution in [0.4, 0.5) is 22.0 Å². The van der Waals surface area contributed by atoms with E-state index in [1.807, 2.05) is 0 Å². The van der Waals surface area contributed by atoms with Crippen LogP contribution in [0.5, 0.6) is 5.88 Å². The van der Waals surface area contributed by atoms with Crippen molar-refractivity contribution in [3.63, 3.8) is 0 Å². The van der Waals surface area contributed by atoms with Crippen molar-refractivity contribution in [2.45, 2.75) is 13.0 Å². The quantitative estimate of drug-likeness (QED) is 0.602. The summed E-state index contributed by atoms with van der Waals surface area (Å²) in [4.78, 5) is 13.4. The van der Waals surface area contributed by atoms with Crippen LogP contribution in [0.15, 0.2) is 6.20 Å². The standard InChI is InChI=1S/C8H4F5NO2/c9-1-4-2-14-7(16-8(11,12)13)5(3-15)6(4)10/h2-3H,1H2. The third-order valence-electron chi connectivity index (χ3n) is 1.56. The Kier molecular flexibility index (Phi) is 3.41. The zero-order chi connectivity index (χ0) is 12.3. The molecule has 0 fully saturated rings. The number of rotatable bonds is 3. The number of alkyl halides is 4. The van der Waals surface area contributed by atoms with Gasteiger partial charge in [-0.25, -0.2) is 13.8 Å². The summed E-state index contributed by atoms with van der Waals surface area (Å²) in [7, 11) is 0. The summed E-state index contributed by atoms with van der Waals surface area (Å²) >= 11 is 0. The molecule has 0 aliphatic rings. The fourth-order valence-corrected chi connectivity index (χ4v) is 0.916. The Hall–Kier alpha value is -1.73. The topological polar surface area (TPSA) is 39.2 Å². The summed E-state index contributed by atoms with van der Waals surface area (Å²) in [6.45, 7) is -1.29. The van der Waals surface area contributed by atoms with Gasteiger partial charge in [-0.3, -0.25) is 4.79 Å². The molecule has 0 N–H and O–H groups in total. The van der Waals surface area contributed by atoms with Crippen molar-refractivity contribution >= 4 is 6.29 Å². The Balaban J connectivity index is 3.21.